The van der Waals surface area contributed by atoms with Gasteiger partial charge in [0.05, 0.1) is 13.2 Å². The molecule has 4 heterocycles. The van der Waals surface area contributed by atoms with Crippen LogP contribution in [0.1, 0.15) is 20.3 Å². The van der Waals surface area contributed by atoms with E-state index in [2.05, 4.69) is 22.0 Å². The smallest absolute Gasteiger partial charge is 0.135 e. The molecule has 0 spiro atoms. The summed E-state index contributed by atoms with van der Waals surface area (Å²) in [7, 11) is 0. The summed E-state index contributed by atoms with van der Waals surface area (Å²) in [4.78, 5) is 17.2. The Labute approximate surface area is 130 Å². The maximum absolute atomic E-state index is 12.1. The second kappa shape index (κ2) is 5.49. The number of hydrogen-bond donors (Lipinski definition) is 1. The Bertz CT molecular complexity index is 435. The van der Waals surface area contributed by atoms with Crippen molar-refractivity contribution in [2.24, 2.45) is 5.92 Å². The number of ether oxygens (including phenoxy) is 1. The Morgan fingerprint density at radius 2 is 2.24 bits per heavy atom. The highest BCUT2D eigenvalue weighted by Gasteiger charge is 2.51. The third-order valence-electron chi connectivity index (χ3n) is 5.59. The molecule has 0 aromatic heterocycles. The molecule has 0 aromatic rings. The Kier molecular flexibility index (Phi) is 3.78. The molecule has 4 aliphatic heterocycles. The third-order valence-corrected chi connectivity index (χ3v) is 7.11. The maximum atomic E-state index is 12.1. The maximum Gasteiger partial charge on any atom is 0.135 e. The van der Waals surface area contributed by atoms with Crippen molar-refractivity contribution in [1.82, 2.24) is 15.1 Å². The highest BCUT2D eigenvalue weighted by molar-refractivity contribution is 8.00. The molecule has 5 unspecified atom stereocenters. The van der Waals surface area contributed by atoms with Gasteiger partial charge >= 0.3 is 0 Å². The monoisotopic (exact) mass is 311 g/mol. The van der Waals surface area contributed by atoms with E-state index in [-0.39, 0.29) is 5.92 Å². The van der Waals surface area contributed by atoms with Crippen LogP contribution < -0.4 is 5.32 Å². The summed E-state index contributed by atoms with van der Waals surface area (Å²) in [6.07, 6.45) is 1.51. The Morgan fingerprint density at radius 1 is 1.38 bits per heavy atom. The van der Waals surface area contributed by atoms with Crippen molar-refractivity contribution < 1.29 is 9.53 Å². The van der Waals surface area contributed by atoms with E-state index >= 15 is 0 Å². The van der Waals surface area contributed by atoms with E-state index in [0.29, 0.717) is 34.7 Å². The Hall–Kier alpha value is -0.140. The number of carbonyl (C=O) groups excluding carboxylic acids is 1. The predicted molar refractivity (Wildman–Crippen MR) is 83.2 cm³/mol. The van der Waals surface area contributed by atoms with Crippen LogP contribution in [-0.4, -0.2) is 77.3 Å². The van der Waals surface area contributed by atoms with E-state index in [1.165, 1.54) is 6.42 Å². The van der Waals surface area contributed by atoms with Gasteiger partial charge in [0.15, 0.2) is 0 Å². The Balaban J connectivity index is 1.56. The summed E-state index contributed by atoms with van der Waals surface area (Å²) < 4.78 is 5.64. The SMILES string of the molecule is CC(=O)C1C(C)SC2CN3CC[C@H]4COCCN4C3NC21. The van der Waals surface area contributed by atoms with Crippen LogP contribution in [0.5, 0.6) is 0 Å². The van der Waals surface area contributed by atoms with Gasteiger partial charge in [0.25, 0.3) is 0 Å². The summed E-state index contributed by atoms with van der Waals surface area (Å²) in [5.74, 6) is 0.515. The van der Waals surface area contributed by atoms with Gasteiger partial charge in [-0.05, 0) is 13.3 Å². The van der Waals surface area contributed by atoms with Crippen molar-refractivity contribution in [3.05, 3.63) is 0 Å². The fraction of sp³-hybridized carbons (Fsp3) is 0.933. The molecule has 118 valence electrons. The molecule has 1 N–H and O–H groups in total. The van der Waals surface area contributed by atoms with Crippen molar-refractivity contribution in [2.45, 2.75) is 49.1 Å². The van der Waals surface area contributed by atoms with Crippen molar-refractivity contribution >= 4 is 17.5 Å². The van der Waals surface area contributed by atoms with Crippen LogP contribution in [0, 0.1) is 5.92 Å². The van der Waals surface area contributed by atoms with Crippen molar-refractivity contribution in [1.29, 1.82) is 0 Å². The number of nitrogens with zero attached hydrogens (tertiary/aromatic N) is 2. The zero-order chi connectivity index (χ0) is 14.6. The van der Waals surface area contributed by atoms with Gasteiger partial charge in [0.2, 0.25) is 0 Å². The molecule has 0 bridgehead atoms. The van der Waals surface area contributed by atoms with Crippen molar-refractivity contribution in [2.75, 3.05) is 32.8 Å². The van der Waals surface area contributed by atoms with Crippen LogP contribution in [0.25, 0.3) is 0 Å². The van der Waals surface area contributed by atoms with Crippen LogP contribution in [-0.2, 0) is 9.53 Å². The molecule has 21 heavy (non-hydrogen) atoms. The molecule has 6 atom stereocenters. The molecule has 0 aromatic carbocycles. The lowest BCUT2D eigenvalue weighted by Crippen LogP contribution is -2.73. The van der Waals surface area contributed by atoms with Gasteiger partial charge in [-0.15, -0.1) is 0 Å². The van der Waals surface area contributed by atoms with Gasteiger partial charge in [0.1, 0.15) is 12.1 Å². The van der Waals surface area contributed by atoms with Gasteiger partial charge in [-0.2, -0.15) is 11.8 Å². The molecule has 4 saturated heterocycles. The topological polar surface area (TPSA) is 44.8 Å². The van der Waals surface area contributed by atoms with Crippen LogP contribution in [0.4, 0.5) is 0 Å². The first kappa shape index (κ1) is 14.5. The van der Waals surface area contributed by atoms with Gasteiger partial charge < -0.3 is 4.74 Å². The summed E-state index contributed by atoms with van der Waals surface area (Å²) in [6.45, 7) is 8.93. The minimum atomic E-state index is 0.170. The summed E-state index contributed by atoms with van der Waals surface area (Å²) >= 11 is 2.00. The quantitative estimate of drug-likeness (QED) is 0.754. The second-order valence-electron chi connectivity index (χ2n) is 6.83. The van der Waals surface area contributed by atoms with Crippen molar-refractivity contribution in [3.63, 3.8) is 0 Å². The lowest BCUT2D eigenvalue weighted by Gasteiger charge is -2.54. The lowest BCUT2D eigenvalue weighted by atomic mass is 9.89. The average Bonchev–Trinajstić information content (AvgIpc) is 2.79. The lowest BCUT2D eigenvalue weighted by molar-refractivity contribution is -0.135. The summed E-state index contributed by atoms with van der Waals surface area (Å²) in [5, 5.41) is 4.83. The molecule has 0 saturated carbocycles. The molecular formula is C15H25N3O2S. The van der Waals surface area contributed by atoms with Gasteiger partial charge in [-0.1, -0.05) is 6.92 Å². The fourth-order valence-electron chi connectivity index (χ4n) is 4.60. The summed E-state index contributed by atoms with van der Waals surface area (Å²) in [5.41, 5.74) is 0. The number of hydrogen-bond acceptors (Lipinski definition) is 6. The van der Waals surface area contributed by atoms with Crippen molar-refractivity contribution in [3.8, 4) is 0 Å². The molecule has 0 radical (unpaired) electrons. The normalized spacial score (nSPS) is 47.5. The number of nitrogens with one attached hydrogen (secondary N) is 1. The zero-order valence-electron chi connectivity index (χ0n) is 12.8. The number of ketones is 1. The second-order valence-corrected chi connectivity index (χ2v) is 8.45. The number of fused-ring (bicyclic) bond motifs is 4. The molecule has 4 rings (SSSR count). The highest BCUT2D eigenvalue weighted by Crippen LogP contribution is 2.42. The number of thioether (sulfide) groups is 1. The molecular weight excluding hydrogens is 286 g/mol. The fourth-order valence-corrected chi connectivity index (χ4v) is 6.38. The number of rotatable bonds is 1. The zero-order valence-corrected chi connectivity index (χ0v) is 13.6. The van der Waals surface area contributed by atoms with E-state index < -0.39 is 0 Å². The van der Waals surface area contributed by atoms with E-state index in [1.54, 1.807) is 6.92 Å². The largest absolute Gasteiger partial charge is 0.378 e. The first-order chi connectivity index (χ1) is 10.1. The molecule has 4 aliphatic rings. The van der Waals surface area contributed by atoms with Gasteiger partial charge in [-0.25, -0.2) is 0 Å². The molecule has 5 nitrogen and oxygen atoms in total. The Morgan fingerprint density at radius 3 is 3.05 bits per heavy atom. The standard InChI is InChI=1S/C15H25N3O2S/c1-9(19)13-10(2)21-12-7-17-4-3-11-8-20-6-5-18(11)15(17)16-14(12)13/h10-16H,3-8H2,1-2H3/t10?,11-,12?,13?,14?,15?/m0/s1. The molecule has 4 fully saturated rings. The number of Topliss-reactive ketones (excluding diaryl/α,β-unsaturated/α-hetero) is 1. The van der Waals surface area contributed by atoms with Crippen LogP contribution in [0.2, 0.25) is 0 Å². The summed E-state index contributed by atoms with van der Waals surface area (Å²) in [6, 6.07) is 0.886. The first-order valence-corrected chi connectivity index (χ1v) is 9.09. The number of carbonyl (C=O) groups is 1. The van der Waals surface area contributed by atoms with Crippen LogP contribution >= 0.6 is 11.8 Å². The van der Waals surface area contributed by atoms with Crippen LogP contribution in [0.15, 0.2) is 0 Å². The van der Waals surface area contributed by atoms with E-state index in [1.807, 2.05) is 11.8 Å². The van der Waals surface area contributed by atoms with Crippen LogP contribution in [0.3, 0.4) is 0 Å². The minimum absolute atomic E-state index is 0.170. The highest BCUT2D eigenvalue weighted by atomic mass is 32.2. The first-order valence-electron chi connectivity index (χ1n) is 8.14. The average molecular weight is 311 g/mol. The predicted octanol–water partition coefficient (Wildman–Crippen LogP) is 0.357. The van der Waals surface area contributed by atoms with Gasteiger partial charge in [-0.3, -0.25) is 19.9 Å². The minimum Gasteiger partial charge on any atom is -0.378 e. The molecule has 0 amide bonds. The van der Waals surface area contributed by atoms with Gasteiger partial charge in [0, 0.05) is 48.1 Å². The molecule has 6 heteroatoms. The van der Waals surface area contributed by atoms with E-state index in [9.17, 15) is 4.79 Å². The van der Waals surface area contributed by atoms with E-state index in [0.717, 1.165) is 32.8 Å². The third kappa shape index (κ3) is 2.36. The molecule has 0 aliphatic carbocycles. The number of morpholine rings is 1. The van der Waals surface area contributed by atoms with E-state index in [4.69, 9.17) is 4.74 Å².